The van der Waals surface area contributed by atoms with Crippen LogP contribution < -0.4 is 16.2 Å². The normalized spacial score (nSPS) is 12.0. The maximum atomic E-state index is 12.5. The number of carbonyl (C=O) groups is 3. The third-order valence-electron chi connectivity index (χ3n) is 4.33. The highest BCUT2D eigenvalue weighted by atomic mass is 32.1. The Balaban J connectivity index is 1.65. The fraction of sp³-hybridized carbons (Fsp3) is 0.250. The van der Waals surface area contributed by atoms with Crippen molar-refractivity contribution in [3.05, 3.63) is 58.0 Å². The summed E-state index contributed by atoms with van der Waals surface area (Å²) >= 11 is 1.29. The summed E-state index contributed by atoms with van der Waals surface area (Å²) in [6, 6.07) is 9.95. The zero-order chi connectivity index (χ0) is 20.3. The van der Waals surface area contributed by atoms with Crippen molar-refractivity contribution in [3.63, 3.8) is 0 Å². The van der Waals surface area contributed by atoms with Gasteiger partial charge in [-0.1, -0.05) is 38.1 Å². The smallest absolute Gasteiger partial charge is 0.305 e. The Bertz CT molecular complexity index is 1010. The van der Waals surface area contributed by atoms with E-state index in [4.69, 9.17) is 4.42 Å². The van der Waals surface area contributed by atoms with Gasteiger partial charge in [-0.3, -0.25) is 25.2 Å². The first-order valence-electron chi connectivity index (χ1n) is 8.81. The van der Waals surface area contributed by atoms with E-state index in [1.807, 2.05) is 32.0 Å². The number of thiophene rings is 1. The molecule has 3 rings (SSSR count). The number of hydrogen-bond donors (Lipinski definition) is 3. The van der Waals surface area contributed by atoms with Crippen molar-refractivity contribution in [2.75, 3.05) is 0 Å². The van der Waals surface area contributed by atoms with E-state index in [9.17, 15) is 14.4 Å². The van der Waals surface area contributed by atoms with Crippen LogP contribution in [-0.4, -0.2) is 23.8 Å². The molecule has 1 aromatic carbocycles. The predicted molar refractivity (Wildman–Crippen MR) is 107 cm³/mol. The minimum Gasteiger partial charge on any atom is -0.451 e. The van der Waals surface area contributed by atoms with Crippen LogP contribution in [0, 0.1) is 12.8 Å². The first kappa shape index (κ1) is 19.6. The zero-order valence-corrected chi connectivity index (χ0v) is 16.6. The number of hydrogen-bond acceptors (Lipinski definition) is 5. The van der Waals surface area contributed by atoms with Crippen molar-refractivity contribution in [3.8, 4) is 0 Å². The van der Waals surface area contributed by atoms with Crippen LogP contribution in [0.2, 0.25) is 0 Å². The molecule has 0 saturated carbocycles. The summed E-state index contributed by atoms with van der Waals surface area (Å²) in [5.41, 5.74) is 6.02. The molecular weight excluding hydrogens is 378 g/mol. The highest BCUT2D eigenvalue weighted by Crippen LogP contribution is 2.24. The van der Waals surface area contributed by atoms with Crippen molar-refractivity contribution < 1.29 is 18.8 Å². The number of nitrogens with one attached hydrogen (secondary N) is 3. The molecule has 7 nitrogen and oxygen atoms in total. The molecule has 0 aliphatic carbocycles. The number of benzene rings is 1. The van der Waals surface area contributed by atoms with Crippen LogP contribution in [0.15, 0.2) is 46.2 Å². The number of fused-ring (bicyclic) bond motifs is 1. The molecule has 0 bridgehead atoms. The summed E-state index contributed by atoms with van der Waals surface area (Å²) in [6.07, 6.45) is 0. The summed E-state index contributed by atoms with van der Waals surface area (Å²) in [4.78, 5) is 37.7. The summed E-state index contributed by atoms with van der Waals surface area (Å²) < 4.78 is 5.58. The van der Waals surface area contributed by atoms with Gasteiger partial charge in [-0.05, 0) is 30.4 Å². The van der Waals surface area contributed by atoms with Crippen molar-refractivity contribution in [1.82, 2.24) is 16.2 Å². The summed E-state index contributed by atoms with van der Waals surface area (Å²) in [6.45, 7) is 5.40. The standard InChI is InChI=1S/C20H21N3O4S/c1-11(2)16(21-18(24)15-9-6-10-28-15)19(25)22-23-20(26)17-12(3)13-7-4-5-8-14(13)27-17/h4-11,16H,1-3H3,(H,21,24)(H,22,25)(H,23,26). The number of amides is 3. The van der Waals surface area contributed by atoms with Crippen molar-refractivity contribution in [1.29, 1.82) is 0 Å². The van der Waals surface area contributed by atoms with Gasteiger partial charge in [0.05, 0.1) is 4.88 Å². The highest BCUT2D eigenvalue weighted by molar-refractivity contribution is 7.12. The molecule has 0 aliphatic rings. The van der Waals surface area contributed by atoms with Gasteiger partial charge >= 0.3 is 5.91 Å². The second-order valence-electron chi connectivity index (χ2n) is 6.67. The SMILES string of the molecule is Cc1c(C(=O)NNC(=O)C(NC(=O)c2cccs2)C(C)C)oc2ccccc12. The Labute approximate surface area is 166 Å². The van der Waals surface area contributed by atoms with Crippen LogP contribution in [0.5, 0.6) is 0 Å². The maximum Gasteiger partial charge on any atom is 0.305 e. The van der Waals surface area contributed by atoms with Crippen LogP contribution in [0.3, 0.4) is 0 Å². The second kappa shape index (κ2) is 8.26. The summed E-state index contributed by atoms with van der Waals surface area (Å²) in [7, 11) is 0. The molecule has 0 radical (unpaired) electrons. The maximum absolute atomic E-state index is 12.5. The third-order valence-corrected chi connectivity index (χ3v) is 5.20. The Morgan fingerprint density at radius 1 is 1.00 bits per heavy atom. The summed E-state index contributed by atoms with van der Waals surface area (Å²) in [5.74, 6) is -1.45. The van der Waals surface area contributed by atoms with Crippen LogP contribution in [0.25, 0.3) is 11.0 Å². The lowest BCUT2D eigenvalue weighted by atomic mass is 10.0. The van der Waals surface area contributed by atoms with Crippen LogP contribution >= 0.6 is 11.3 Å². The lowest BCUT2D eigenvalue weighted by molar-refractivity contribution is -0.124. The first-order chi connectivity index (χ1) is 13.4. The van der Waals surface area contributed by atoms with E-state index in [0.717, 1.165) is 5.39 Å². The monoisotopic (exact) mass is 399 g/mol. The van der Waals surface area contributed by atoms with Gasteiger partial charge in [0.2, 0.25) is 0 Å². The molecule has 28 heavy (non-hydrogen) atoms. The van der Waals surface area contributed by atoms with Gasteiger partial charge in [0.25, 0.3) is 11.8 Å². The Morgan fingerprint density at radius 3 is 2.39 bits per heavy atom. The molecule has 1 atom stereocenters. The Hall–Kier alpha value is -3.13. The first-order valence-corrected chi connectivity index (χ1v) is 9.69. The van der Waals surface area contributed by atoms with Crippen LogP contribution in [0.1, 0.15) is 39.6 Å². The van der Waals surface area contributed by atoms with Gasteiger partial charge in [0.1, 0.15) is 11.6 Å². The molecule has 0 spiro atoms. The van der Waals surface area contributed by atoms with Crippen molar-refractivity contribution in [2.24, 2.45) is 5.92 Å². The fourth-order valence-electron chi connectivity index (χ4n) is 2.80. The van der Waals surface area contributed by atoms with E-state index in [1.165, 1.54) is 11.3 Å². The Morgan fingerprint density at radius 2 is 1.75 bits per heavy atom. The van der Waals surface area contributed by atoms with Gasteiger partial charge in [-0.15, -0.1) is 11.3 Å². The zero-order valence-electron chi connectivity index (χ0n) is 15.7. The lowest BCUT2D eigenvalue weighted by Crippen LogP contribution is -2.54. The number of carbonyl (C=O) groups excluding carboxylic acids is 3. The molecule has 3 amide bonds. The minimum absolute atomic E-state index is 0.130. The van der Waals surface area contributed by atoms with E-state index >= 15 is 0 Å². The molecule has 0 saturated heterocycles. The molecule has 0 aliphatic heterocycles. The molecule has 3 aromatic rings. The number of hydrazine groups is 1. The highest BCUT2D eigenvalue weighted by Gasteiger charge is 2.26. The van der Waals surface area contributed by atoms with E-state index in [0.29, 0.717) is 16.0 Å². The molecular formula is C20H21N3O4S. The van der Waals surface area contributed by atoms with E-state index in [-0.39, 0.29) is 17.6 Å². The minimum atomic E-state index is -0.799. The Kier molecular flexibility index (Phi) is 5.79. The fourth-order valence-corrected chi connectivity index (χ4v) is 3.43. The molecule has 2 aromatic heterocycles. The third kappa shape index (κ3) is 4.07. The quantitative estimate of drug-likeness (QED) is 0.574. The van der Waals surface area contributed by atoms with Gasteiger partial charge < -0.3 is 9.73 Å². The van der Waals surface area contributed by atoms with Crippen molar-refractivity contribution >= 4 is 40.0 Å². The topological polar surface area (TPSA) is 100 Å². The van der Waals surface area contributed by atoms with Gasteiger partial charge in [-0.2, -0.15) is 0 Å². The van der Waals surface area contributed by atoms with E-state index in [2.05, 4.69) is 16.2 Å². The number of furan rings is 1. The van der Waals surface area contributed by atoms with Crippen LogP contribution in [-0.2, 0) is 4.79 Å². The number of rotatable bonds is 5. The number of para-hydroxylation sites is 1. The van der Waals surface area contributed by atoms with Gasteiger partial charge in [0.15, 0.2) is 5.76 Å². The summed E-state index contributed by atoms with van der Waals surface area (Å²) in [5, 5.41) is 5.32. The predicted octanol–water partition coefficient (Wildman–Crippen LogP) is 3.02. The molecule has 3 N–H and O–H groups in total. The average molecular weight is 399 g/mol. The molecule has 0 fully saturated rings. The van der Waals surface area contributed by atoms with Crippen LogP contribution in [0.4, 0.5) is 0 Å². The molecule has 146 valence electrons. The van der Waals surface area contributed by atoms with Gasteiger partial charge in [-0.25, -0.2) is 0 Å². The largest absolute Gasteiger partial charge is 0.451 e. The molecule has 2 heterocycles. The average Bonchev–Trinajstić information content (AvgIpc) is 3.32. The van der Waals surface area contributed by atoms with E-state index in [1.54, 1.807) is 30.5 Å². The molecule has 8 heteroatoms. The van der Waals surface area contributed by atoms with Crippen molar-refractivity contribution in [2.45, 2.75) is 26.8 Å². The molecule has 1 unspecified atom stereocenters. The van der Waals surface area contributed by atoms with Gasteiger partial charge in [0, 0.05) is 10.9 Å². The second-order valence-corrected chi connectivity index (χ2v) is 7.62. The number of aryl methyl sites for hydroxylation is 1. The lowest BCUT2D eigenvalue weighted by Gasteiger charge is -2.21. The van der Waals surface area contributed by atoms with E-state index < -0.39 is 17.9 Å².